The fraction of sp³-hybridized carbons (Fsp3) is 0.909. The Labute approximate surface area is 81.1 Å². The third-order valence-electron chi connectivity index (χ3n) is 2.54. The van der Waals surface area contributed by atoms with Gasteiger partial charge in [0.2, 0.25) is 5.91 Å². The van der Waals surface area contributed by atoms with E-state index >= 15 is 0 Å². The number of hydrogen-bond donors (Lipinski definition) is 1. The Balaban J connectivity index is 2.15. The van der Waals surface area contributed by atoms with Gasteiger partial charge in [-0.2, -0.15) is 0 Å². The molecule has 0 bridgehead atoms. The standard InChI is InChI=1S/C11H21NO/c1-8(13)12-10-5-9(6-10)7-11(2,3)4/h9-10H,5-7H2,1-4H3,(H,12,13)/t9-,10+. The second-order valence-electron chi connectivity index (χ2n) is 5.50. The maximum absolute atomic E-state index is 10.7. The first-order chi connectivity index (χ1) is 5.87. The molecule has 0 atom stereocenters. The average Bonchev–Trinajstić information content (AvgIpc) is 1.78. The van der Waals surface area contributed by atoms with Crippen molar-refractivity contribution in [1.29, 1.82) is 0 Å². The number of rotatable bonds is 2. The molecule has 1 aliphatic carbocycles. The van der Waals surface area contributed by atoms with Crippen molar-refractivity contribution in [2.75, 3.05) is 0 Å². The summed E-state index contributed by atoms with van der Waals surface area (Å²) in [5, 5.41) is 2.96. The minimum absolute atomic E-state index is 0.110. The van der Waals surface area contributed by atoms with Crippen LogP contribution in [-0.4, -0.2) is 11.9 Å². The summed E-state index contributed by atoms with van der Waals surface area (Å²) >= 11 is 0. The summed E-state index contributed by atoms with van der Waals surface area (Å²) in [7, 11) is 0. The minimum Gasteiger partial charge on any atom is -0.354 e. The Hall–Kier alpha value is -0.530. The number of carbonyl (C=O) groups is 1. The summed E-state index contributed by atoms with van der Waals surface area (Å²) < 4.78 is 0. The van der Waals surface area contributed by atoms with Gasteiger partial charge >= 0.3 is 0 Å². The van der Waals surface area contributed by atoms with Crippen molar-refractivity contribution >= 4 is 5.91 Å². The molecule has 0 aromatic carbocycles. The van der Waals surface area contributed by atoms with E-state index in [1.54, 1.807) is 6.92 Å². The Morgan fingerprint density at radius 2 is 1.92 bits per heavy atom. The average molecular weight is 183 g/mol. The second kappa shape index (κ2) is 3.69. The zero-order valence-electron chi connectivity index (χ0n) is 9.18. The normalized spacial score (nSPS) is 28.0. The molecule has 1 N–H and O–H groups in total. The molecule has 1 saturated carbocycles. The molecule has 1 aliphatic rings. The maximum atomic E-state index is 10.7. The third-order valence-corrected chi connectivity index (χ3v) is 2.54. The van der Waals surface area contributed by atoms with Crippen molar-refractivity contribution in [2.45, 2.75) is 53.0 Å². The number of carbonyl (C=O) groups excluding carboxylic acids is 1. The Morgan fingerprint density at radius 3 is 2.31 bits per heavy atom. The van der Waals surface area contributed by atoms with Crippen LogP contribution in [0.15, 0.2) is 0 Å². The first kappa shape index (κ1) is 10.6. The molecule has 0 aliphatic heterocycles. The molecule has 0 aromatic heterocycles. The monoisotopic (exact) mass is 183 g/mol. The smallest absolute Gasteiger partial charge is 0.217 e. The van der Waals surface area contributed by atoms with Crippen LogP contribution < -0.4 is 5.32 Å². The molecule has 0 saturated heterocycles. The van der Waals surface area contributed by atoms with E-state index in [9.17, 15) is 4.79 Å². The molecule has 0 aromatic rings. The summed E-state index contributed by atoms with van der Waals surface area (Å²) in [6.45, 7) is 8.42. The van der Waals surface area contributed by atoms with Gasteiger partial charge in [0, 0.05) is 13.0 Å². The van der Waals surface area contributed by atoms with E-state index in [0.29, 0.717) is 11.5 Å². The van der Waals surface area contributed by atoms with Crippen LogP contribution in [0, 0.1) is 11.3 Å². The van der Waals surface area contributed by atoms with Crippen LogP contribution in [0.25, 0.3) is 0 Å². The number of nitrogens with one attached hydrogen (secondary N) is 1. The summed E-state index contributed by atoms with van der Waals surface area (Å²) in [6, 6.07) is 0.463. The van der Waals surface area contributed by atoms with E-state index in [4.69, 9.17) is 0 Å². The summed E-state index contributed by atoms with van der Waals surface area (Å²) in [6.07, 6.45) is 3.64. The molecule has 0 heterocycles. The molecule has 0 radical (unpaired) electrons. The maximum Gasteiger partial charge on any atom is 0.217 e. The summed E-state index contributed by atoms with van der Waals surface area (Å²) in [5.74, 6) is 0.941. The van der Waals surface area contributed by atoms with E-state index in [-0.39, 0.29) is 5.91 Å². The van der Waals surface area contributed by atoms with Gasteiger partial charge in [0.1, 0.15) is 0 Å². The Morgan fingerprint density at radius 1 is 1.38 bits per heavy atom. The predicted molar refractivity (Wildman–Crippen MR) is 54.4 cm³/mol. The van der Waals surface area contributed by atoms with Crippen LogP contribution in [0.4, 0.5) is 0 Å². The van der Waals surface area contributed by atoms with Crippen LogP contribution in [0.1, 0.15) is 47.0 Å². The summed E-state index contributed by atoms with van der Waals surface area (Å²) in [5.41, 5.74) is 0.436. The largest absolute Gasteiger partial charge is 0.354 e. The molecule has 0 spiro atoms. The van der Waals surface area contributed by atoms with E-state index in [2.05, 4.69) is 26.1 Å². The van der Waals surface area contributed by atoms with Crippen LogP contribution in [0.3, 0.4) is 0 Å². The quantitative estimate of drug-likeness (QED) is 0.699. The van der Waals surface area contributed by atoms with Crippen molar-refractivity contribution in [3.05, 3.63) is 0 Å². The number of hydrogen-bond acceptors (Lipinski definition) is 1. The van der Waals surface area contributed by atoms with Gasteiger partial charge < -0.3 is 5.32 Å². The lowest BCUT2D eigenvalue weighted by Gasteiger charge is -2.39. The molecule has 76 valence electrons. The van der Waals surface area contributed by atoms with Crippen molar-refractivity contribution in [3.63, 3.8) is 0 Å². The SMILES string of the molecule is CC(=O)N[C@H]1C[C@@H](CC(C)(C)C)C1. The topological polar surface area (TPSA) is 29.1 Å². The molecule has 2 heteroatoms. The number of amides is 1. The molecule has 1 rings (SSSR count). The lowest BCUT2D eigenvalue weighted by Crippen LogP contribution is -2.44. The highest BCUT2D eigenvalue weighted by Gasteiger charge is 2.32. The first-order valence-electron chi connectivity index (χ1n) is 5.14. The van der Waals surface area contributed by atoms with Gasteiger partial charge in [-0.25, -0.2) is 0 Å². The van der Waals surface area contributed by atoms with Crippen LogP contribution in [0.2, 0.25) is 0 Å². The highest BCUT2D eigenvalue weighted by Crippen LogP contribution is 2.37. The molecular weight excluding hydrogens is 162 g/mol. The second-order valence-corrected chi connectivity index (χ2v) is 5.50. The third kappa shape index (κ3) is 3.79. The van der Waals surface area contributed by atoms with Gasteiger partial charge in [0.05, 0.1) is 0 Å². The molecule has 13 heavy (non-hydrogen) atoms. The van der Waals surface area contributed by atoms with Crippen molar-refractivity contribution in [2.24, 2.45) is 11.3 Å². The summed E-state index contributed by atoms with van der Waals surface area (Å²) in [4.78, 5) is 10.7. The van der Waals surface area contributed by atoms with Gasteiger partial charge in [0.15, 0.2) is 0 Å². The van der Waals surface area contributed by atoms with Gasteiger partial charge in [0.25, 0.3) is 0 Å². The zero-order valence-corrected chi connectivity index (χ0v) is 9.18. The molecular formula is C11H21NO. The predicted octanol–water partition coefficient (Wildman–Crippen LogP) is 2.34. The van der Waals surface area contributed by atoms with E-state index in [1.807, 2.05) is 0 Å². The Kier molecular flexibility index (Phi) is 2.99. The lowest BCUT2D eigenvalue weighted by molar-refractivity contribution is -0.120. The van der Waals surface area contributed by atoms with Crippen LogP contribution >= 0.6 is 0 Å². The molecule has 2 nitrogen and oxygen atoms in total. The Bertz CT molecular complexity index is 187. The molecule has 0 unspecified atom stereocenters. The highest BCUT2D eigenvalue weighted by atomic mass is 16.1. The van der Waals surface area contributed by atoms with Crippen molar-refractivity contribution in [3.8, 4) is 0 Å². The van der Waals surface area contributed by atoms with Gasteiger partial charge in [-0.15, -0.1) is 0 Å². The van der Waals surface area contributed by atoms with Gasteiger partial charge in [-0.1, -0.05) is 20.8 Å². The minimum atomic E-state index is 0.110. The first-order valence-corrected chi connectivity index (χ1v) is 5.14. The van der Waals surface area contributed by atoms with Crippen molar-refractivity contribution in [1.82, 2.24) is 5.32 Å². The van der Waals surface area contributed by atoms with Crippen molar-refractivity contribution < 1.29 is 4.79 Å². The van der Waals surface area contributed by atoms with E-state index in [0.717, 1.165) is 5.92 Å². The highest BCUT2D eigenvalue weighted by molar-refractivity contribution is 5.73. The molecule has 1 fully saturated rings. The van der Waals surface area contributed by atoms with Gasteiger partial charge in [-0.3, -0.25) is 4.79 Å². The van der Waals surface area contributed by atoms with Crippen LogP contribution in [-0.2, 0) is 4.79 Å². The van der Waals surface area contributed by atoms with Gasteiger partial charge in [-0.05, 0) is 30.6 Å². The zero-order chi connectivity index (χ0) is 10.1. The molecule has 1 amide bonds. The van der Waals surface area contributed by atoms with E-state index in [1.165, 1.54) is 19.3 Å². The fourth-order valence-electron chi connectivity index (χ4n) is 2.17. The van der Waals surface area contributed by atoms with Crippen LogP contribution in [0.5, 0.6) is 0 Å². The lowest BCUT2D eigenvalue weighted by atomic mass is 9.71. The van der Waals surface area contributed by atoms with E-state index < -0.39 is 0 Å². The fourth-order valence-corrected chi connectivity index (χ4v) is 2.17.